The minimum atomic E-state index is -0.228. The Morgan fingerprint density at radius 2 is 1.50 bits per heavy atom. The van der Waals surface area contributed by atoms with Crippen LogP contribution < -0.4 is 0 Å². The molecule has 1 N–H and O–H groups in total. The summed E-state index contributed by atoms with van der Waals surface area (Å²) < 4.78 is 5.31. The highest BCUT2D eigenvalue weighted by Gasteiger charge is 1.98. The van der Waals surface area contributed by atoms with Crippen molar-refractivity contribution in [3.05, 3.63) is 12.2 Å². The van der Waals surface area contributed by atoms with Crippen LogP contribution in [0.5, 0.6) is 0 Å². The maximum atomic E-state index is 9.49. The van der Waals surface area contributed by atoms with E-state index < -0.39 is 0 Å². The van der Waals surface area contributed by atoms with Crippen LogP contribution in [0.1, 0.15) is 71.6 Å². The van der Waals surface area contributed by atoms with Gasteiger partial charge in [0.25, 0.3) is 0 Å². The molecule has 0 saturated heterocycles. The fourth-order valence-electron chi connectivity index (χ4n) is 2.08. The van der Waals surface area contributed by atoms with Gasteiger partial charge in [-0.1, -0.05) is 57.1 Å². The minimum Gasteiger partial charge on any atom is -0.389 e. The van der Waals surface area contributed by atoms with Gasteiger partial charge in [-0.25, -0.2) is 0 Å². The highest BCUT2D eigenvalue weighted by atomic mass is 16.5. The molecule has 1 unspecified atom stereocenters. The molecule has 0 rings (SSSR count). The van der Waals surface area contributed by atoms with Crippen LogP contribution in [0, 0.1) is 0 Å². The van der Waals surface area contributed by atoms with E-state index in [2.05, 4.69) is 0 Å². The van der Waals surface area contributed by atoms with Crippen molar-refractivity contribution in [3.63, 3.8) is 0 Å². The van der Waals surface area contributed by atoms with Crippen LogP contribution in [0.3, 0.4) is 0 Å². The summed E-state index contributed by atoms with van der Waals surface area (Å²) in [7, 11) is 0. The number of hydrogen-bond donors (Lipinski definition) is 1. The number of hydrogen-bond acceptors (Lipinski definition) is 2. The molecule has 0 saturated carbocycles. The number of unbranched alkanes of at least 4 members (excludes halogenated alkanes) is 7. The lowest BCUT2D eigenvalue weighted by Crippen LogP contribution is -2.00. The van der Waals surface area contributed by atoms with E-state index in [4.69, 9.17) is 4.74 Å². The molecule has 0 aliphatic carbocycles. The summed E-state index contributed by atoms with van der Waals surface area (Å²) in [6.45, 7) is 5.78. The first-order valence-corrected chi connectivity index (χ1v) is 7.69. The predicted molar refractivity (Wildman–Crippen MR) is 78.9 cm³/mol. The van der Waals surface area contributed by atoms with Crippen molar-refractivity contribution in [3.8, 4) is 0 Å². The van der Waals surface area contributed by atoms with E-state index in [0.29, 0.717) is 0 Å². The molecule has 1 atom stereocenters. The van der Waals surface area contributed by atoms with Gasteiger partial charge in [-0.05, 0) is 26.7 Å². The molecule has 0 aliphatic heterocycles. The standard InChI is InChI=1S/C16H32O2/c1-3-13-16(17)14-11-9-7-5-6-8-10-12-15-18-4-2/h3,13,16-17H,4-12,14-15H2,1-2H3. The van der Waals surface area contributed by atoms with Crippen molar-refractivity contribution < 1.29 is 9.84 Å². The quantitative estimate of drug-likeness (QED) is 0.389. The molecule has 2 heteroatoms. The second kappa shape index (κ2) is 14.7. The number of rotatable bonds is 13. The number of allylic oxidation sites excluding steroid dienone is 1. The summed E-state index contributed by atoms with van der Waals surface area (Å²) in [5.74, 6) is 0. The lowest BCUT2D eigenvalue weighted by molar-refractivity contribution is 0.143. The van der Waals surface area contributed by atoms with E-state index in [1.54, 1.807) is 0 Å². The van der Waals surface area contributed by atoms with Gasteiger partial charge in [0.2, 0.25) is 0 Å². The fraction of sp³-hybridized carbons (Fsp3) is 0.875. The largest absolute Gasteiger partial charge is 0.389 e. The van der Waals surface area contributed by atoms with E-state index in [1.807, 2.05) is 26.0 Å². The van der Waals surface area contributed by atoms with Gasteiger partial charge in [0.1, 0.15) is 0 Å². The third kappa shape index (κ3) is 13.7. The maximum Gasteiger partial charge on any atom is 0.0720 e. The topological polar surface area (TPSA) is 29.5 Å². The Bertz CT molecular complexity index is 178. The first kappa shape index (κ1) is 17.7. The SMILES string of the molecule is CC=CC(O)CCCCCCCCCCOCC. The molecule has 0 heterocycles. The number of aliphatic hydroxyl groups excluding tert-OH is 1. The second-order valence-electron chi connectivity index (χ2n) is 4.91. The van der Waals surface area contributed by atoms with Crippen molar-refractivity contribution in [2.45, 2.75) is 77.7 Å². The average molecular weight is 256 g/mol. The third-order valence-corrected chi connectivity index (χ3v) is 3.16. The van der Waals surface area contributed by atoms with Gasteiger partial charge in [-0.15, -0.1) is 0 Å². The number of aliphatic hydroxyl groups is 1. The van der Waals surface area contributed by atoms with Gasteiger partial charge in [0, 0.05) is 13.2 Å². The van der Waals surface area contributed by atoms with Gasteiger partial charge in [0.15, 0.2) is 0 Å². The van der Waals surface area contributed by atoms with Crippen LogP contribution >= 0.6 is 0 Å². The highest BCUT2D eigenvalue weighted by molar-refractivity contribution is 4.84. The Morgan fingerprint density at radius 3 is 2.06 bits per heavy atom. The first-order valence-electron chi connectivity index (χ1n) is 7.69. The molecule has 0 radical (unpaired) electrons. The zero-order valence-corrected chi connectivity index (χ0v) is 12.4. The molecule has 0 bridgehead atoms. The van der Waals surface area contributed by atoms with Crippen molar-refractivity contribution in [1.82, 2.24) is 0 Å². The first-order chi connectivity index (χ1) is 8.81. The molecule has 2 nitrogen and oxygen atoms in total. The van der Waals surface area contributed by atoms with Crippen LogP contribution in [-0.2, 0) is 4.74 Å². The molecular weight excluding hydrogens is 224 g/mol. The second-order valence-corrected chi connectivity index (χ2v) is 4.91. The van der Waals surface area contributed by atoms with Crippen LogP contribution in [-0.4, -0.2) is 24.4 Å². The van der Waals surface area contributed by atoms with Crippen LogP contribution in [0.2, 0.25) is 0 Å². The van der Waals surface area contributed by atoms with E-state index in [-0.39, 0.29) is 6.10 Å². The zero-order chi connectivity index (χ0) is 13.5. The van der Waals surface area contributed by atoms with Crippen LogP contribution in [0.15, 0.2) is 12.2 Å². The minimum absolute atomic E-state index is 0.228. The molecule has 0 fully saturated rings. The van der Waals surface area contributed by atoms with Gasteiger partial charge < -0.3 is 9.84 Å². The molecule has 0 aliphatic rings. The van der Waals surface area contributed by atoms with Gasteiger partial charge in [-0.2, -0.15) is 0 Å². The number of ether oxygens (including phenoxy) is 1. The Morgan fingerprint density at radius 1 is 0.944 bits per heavy atom. The Balaban J connectivity index is 3.03. The Labute approximate surface area is 113 Å². The summed E-state index contributed by atoms with van der Waals surface area (Å²) in [6, 6.07) is 0. The van der Waals surface area contributed by atoms with E-state index in [1.165, 1.54) is 44.9 Å². The van der Waals surface area contributed by atoms with Crippen LogP contribution in [0.25, 0.3) is 0 Å². The third-order valence-electron chi connectivity index (χ3n) is 3.16. The molecule has 0 spiro atoms. The van der Waals surface area contributed by atoms with E-state index in [0.717, 1.165) is 26.1 Å². The summed E-state index contributed by atoms with van der Waals surface area (Å²) in [6.07, 6.45) is 14.8. The lowest BCUT2D eigenvalue weighted by atomic mass is 10.1. The molecule has 0 amide bonds. The Hall–Kier alpha value is -0.340. The molecular formula is C16H32O2. The molecule has 0 aromatic rings. The smallest absolute Gasteiger partial charge is 0.0720 e. The molecule has 18 heavy (non-hydrogen) atoms. The predicted octanol–water partition coefficient (Wildman–Crippen LogP) is 4.47. The summed E-state index contributed by atoms with van der Waals surface area (Å²) in [4.78, 5) is 0. The van der Waals surface area contributed by atoms with E-state index >= 15 is 0 Å². The summed E-state index contributed by atoms with van der Waals surface area (Å²) in [5, 5.41) is 9.49. The van der Waals surface area contributed by atoms with Crippen molar-refractivity contribution in [2.75, 3.05) is 13.2 Å². The molecule has 0 aromatic carbocycles. The molecule has 108 valence electrons. The maximum absolute atomic E-state index is 9.49. The van der Waals surface area contributed by atoms with Crippen molar-refractivity contribution >= 4 is 0 Å². The lowest BCUT2D eigenvalue weighted by Gasteiger charge is -2.05. The van der Waals surface area contributed by atoms with Crippen LogP contribution in [0.4, 0.5) is 0 Å². The normalized spacial score (nSPS) is 13.3. The zero-order valence-electron chi connectivity index (χ0n) is 12.4. The van der Waals surface area contributed by atoms with Crippen molar-refractivity contribution in [2.24, 2.45) is 0 Å². The van der Waals surface area contributed by atoms with Gasteiger partial charge in [0.05, 0.1) is 6.10 Å². The van der Waals surface area contributed by atoms with Gasteiger partial charge >= 0.3 is 0 Å². The summed E-state index contributed by atoms with van der Waals surface area (Å²) >= 11 is 0. The monoisotopic (exact) mass is 256 g/mol. The average Bonchev–Trinajstić information content (AvgIpc) is 2.36. The van der Waals surface area contributed by atoms with E-state index in [9.17, 15) is 5.11 Å². The fourth-order valence-corrected chi connectivity index (χ4v) is 2.08. The summed E-state index contributed by atoms with van der Waals surface area (Å²) in [5.41, 5.74) is 0. The van der Waals surface area contributed by atoms with Gasteiger partial charge in [-0.3, -0.25) is 0 Å². The highest BCUT2D eigenvalue weighted by Crippen LogP contribution is 2.11. The van der Waals surface area contributed by atoms with Crippen molar-refractivity contribution in [1.29, 1.82) is 0 Å². The molecule has 0 aromatic heterocycles. The Kier molecular flexibility index (Phi) is 14.4.